The quantitative estimate of drug-likeness (QED) is 0.648. The Balaban J connectivity index is 1.28. The number of nitrogens with zero attached hydrogens (tertiary/aromatic N) is 3. The Hall–Kier alpha value is -3.26. The number of allylic oxidation sites excluding steroid dienone is 2. The van der Waals surface area contributed by atoms with Crippen molar-refractivity contribution in [1.82, 2.24) is 15.2 Å². The van der Waals surface area contributed by atoms with Crippen LogP contribution in [0.3, 0.4) is 0 Å². The topological polar surface area (TPSA) is 68.2 Å². The molecule has 0 spiro atoms. The van der Waals surface area contributed by atoms with Gasteiger partial charge in [-0.2, -0.15) is 5.10 Å². The van der Waals surface area contributed by atoms with E-state index in [-0.39, 0.29) is 12.0 Å². The Bertz CT molecular complexity index is 1280. The Morgan fingerprint density at radius 2 is 2.00 bits per heavy atom. The number of halogens is 2. The number of carboxylic acid groups (broad SMARTS) is 1. The fraction of sp³-hybridized carbons (Fsp3) is 0.429. The zero-order valence-electron chi connectivity index (χ0n) is 20.4. The fourth-order valence-corrected chi connectivity index (χ4v) is 6.42. The van der Waals surface area contributed by atoms with Gasteiger partial charge in [-0.15, -0.1) is 0 Å². The van der Waals surface area contributed by atoms with Gasteiger partial charge in [-0.3, -0.25) is 15.1 Å². The highest BCUT2D eigenvalue weighted by Gasteiger charge is 2.34. The van der Waals surface area contributed by atoms with Gasteiger partial charge in [0.15, 0.2) is 11.6 Å². The second-order valence-corrected chi connectivity index (χ2v) is 10.5. The lowest BCUT2D eigenvalue weighted by Crippen LogP contribution is -2.41. The van der Waals surface area contributed by atoms with Gasteiger partial charge in [0.25, 0.3) is 0 Å². The van der Waals surface area contributed by atoms with Crippen LogP contribution >= 0.6 is 0 Å². The molecule has 0 unspecified atom stereocenters. The van der Waals surface area contributed by atoms with E-state index in [4.69, 9.17) is 5.11 Å². The summed E-state index contributed by atoms with van der Waals surface area (Å²) in [7, 11) is 1.96. The summed E-state index contributed by atoms with van der Waals surface area (Å²) in [6, 6.07) is 1.73. The number of aliphatic carboxylic acids is 1. The molecule has 8 heteroatoms. The van der Waals surface area contributed by atoms with Crippen LogP contribution in [0.5, 0.6) is 0 Å². The molecule has 1 aromatic rings. The highest BCUT2D eigenvalue weighted by Crippen LogP contribution is 2.41. The molecule has 0 atom stereocenters. The van der Waals surface area contributed by atoms with Crippen LogP contribution in [0.4, 0.5) is 8.78 Å². The van der Waals surface area contributed by atoms with Gasteiger partial charge < -0.3 is 10.0 Å². The third kappa shape index (κ3) is 3.97. The van der Waals surface area contributed by atoms with Gasteiger partial charge >= 0.3 is 5.97 Å². The molecule has 5 aliphatic rings. The molecule has 0 saturated heterocycles. The molecule has 6 nitrogen and oxygen atoms in total. The average molecular weight is 493 g/mol. The zero-order valence-corrected chi connectivity index (χ0v) is 20.4. The van der Waals surface area contributed by atoms with Crippen LogP contribution in [-0.4, -0.2) is 59.3 Å². The van der Waals surface area contributed by atoms with Crippen LogP contribution in [-0.2, 0) is 4.79 Å². The van der Waals surface area contributed by atoms with Gasteiger partial charge in [0, 0.05) is 67.6 Å². The molecule has 2 N–H and O–H groups in total. The van der Waals surface area contributed by atoms with Crippen LogP contribution in [0, 0.1) is 17.6 Å². The van der Waals surface area contributed by atoms with Gasteiger partial charge in [0.1, 0.15) is 0 Å². The Labute approximate surface area is 209 Å². The molecule has 6 rings (SSSR count). The summed E-state index contributed by atoms with van der Waals surface area (Å²) in [5.74, 6) is -2.09. The molecule has 3 heterocycles. The number of hydrogen-bond donors (Lipinski definition) is 2. The Kier molecular flexibility index (Phi) is 5.79. The number of carboxylic acids is 1. The van der Waals surface area contributed by atoms with Crippen molar-refractivity contribution in [3.05, 3.63) is 69.6 Å². The molecular formula is C28H30F2N4O2. The van der Waals surface area contributed by atoms with Crippen molar-refractivity contribution in [2.24, 2.45) is 11.0 Å². The van der Waals surface area contributed by atoms with Gasteiger partial charge in [0.05, 0.1) is 11.4 Å². The van der Waals surface area contributed by atoms with Crippen LogP contribution in [0.2, 0.25) is 0 Å². The molecule has 2 aliphatic carbocycles. The summed E-state index contributed by atoms with van der Waals surface area (Å²) in [4.78, 5) is 15.6. The normalized spacial score (nSPS) is 25.4. The van der Waals surface area contributed by atoms with Gasteiger partial charge in [0.2, 0.25) is 0 Å². The van der Waals surface area contributed by atoms with E-state index in [1.807, 2.05) is 18.1 Å². The number of nitrogens with one attached hydrogen (secondary N) is 1. The number of hydrazone groups is 1. The molecule has 3 aliphatic heterocycles. The summed E-state index contributed by atoms with van der Waals surface area (Å²) >= 11 is 0. The maximum Gasteiger partial charge on any atom is 0.303 e. The van der Waals surface area contributed by atoms with E-state index in [2.05, 4.69) is 21.5 Å². The number of likely N-dealkylation sites (N-methyl/N-ethyl adjacent to an activating group) is 1. The number of benzene rings is 1. The van der Waals surface area contributed by atoms with Crippen LogP contribution in [0.1, 0.15) is 55.2 Å². The van der Waals surface area contributed by atoms with Gasteiger partial charge in [-0.05, 0) is 61.3 Å². The minimum atomic E-state index is -0.850. The minimum absolute atomic E-state index is 0.272. The number of fused-ring (bicyclic) bond motifs is 2. The van der Waals surface area contributed by atoms with Crippen molar-refractivity contribution in [3.63, 3.8) is 0 Å². The smallest absolute Gasteiger partial charge is 0.303 e. The maximum absolute atomic E-state index is 15.2. The van der Waals surface area contributed by atoms with E-state index >= 15 is 4.39 Å². The molecule has 0 amide bonds. The summed E-state index contributed by atoms with van der Waals surface area (Å²) in [5, 5.41) is 13.7. The summed E-state index contributed by atoms with van der Waals surface area (Å²) in [6.07, 6.45) is 12.9. The first kappa shape index (κ1) is 23.2. The fourth-order valence-electron chi connectivity index (χ4n) is 6.42. The highest BCUT2D eigenvalue weighted by molar-refractivity contribution is 6.20. The van der Waals surface area contributed by atoms with E-state index in [0.717, 1.165) is 56.5 Å². The predicted octanol–water partition coefficient (Wildman–Crippen LogP) is 4.50. The molecular weight excluding hydrogens is 462 g/mol. The van der Waals surface area contributed by atoms with Gasteiger partial charge in [-0.1, -0.05) is 12.2 Å². The Morgan fingerprint density at radius 3 is 2.72 bits per heavy atom. The summed E-state index contributed by atoms with van der Waals surface area (Å²) in [5.41, 5.74) is 9.06. The van der Waals surface area contributed by atoms with Crippen molar-refractivity contribution in [3.8, 4) is 0 Å². The summed E-state index contributed by atoms with van der Waals surface area (Å²) < 4.78 is 29.8. The molecule has 1 fully saturated rings. The first-order chi connectivity index (χ1) is 17.4. The van der Waals surface area contributed by atoms with Crippen molar-refractivity contribution in [1.29, 1.82) is 0 Å². The van der Waals surface area contributed by atoms with E-state index in [1.165, 1.54) is 11.6 Å². The SMILES string of the molecule is CN1C=C2C(=C(C3=CCN([C@H]4CC[C@H](CC(=O)O)CC4)CC3)C1)NN=C1C=Cc3cc(F)c(F)c2c31. The predicted molar refractivity (Wildman–Crippen MR) is 135 cm³/mol. The van der Waals surface area contributed by atoms with Crippen molar-refractivity contribution in [2.45, 2.75) is 44.6 Å². The minimum Gasteiger partial charge on any atom is -0.481 e. The van der Waals surface area contributed by atoms with E-state index in [1.54, 1.807) is 12.2 Å². The zero-order chi connectivity index (χ0) is 25.0. The third-order valence-electron chi connectivity index (χ3n) is 8.24. The number of hydrogen-bond acceptors (Lipinski definition) is 5. The number of rotatable bonds is 4. The van der Waals surface area contributed by atoms with Crippen molar-refractivity contribution >= 4 is 23.3 Å². The van der Waals surface area contributed by atoms with Crippen molar-refractivity contribution in [2.75, 3.05) is 26.7 Å². The first-order valence-electron chi connectivity index (χ1n) is 12.7. The monoisotopic (exact) mass is 492 g/mol. The lowest BCUT2D eigenvalue weighted by Gasteiger charge is -2.39. The standard InChI is InChI=1S/C28H30F2N4O2/c1-33-14-20(17-8-10-34(11-9-17)19-5-2-16(3-6-19)12-24(35)36)28-21(15-33)26-25-18(13-22(29)27(26)30)4-7-23(25)31-32-28/h4,7-8,13,15-16,19,32H,2-3,5-6,9-12,14H2,1H3,(H,35,36)/t16-,19-. The molecule has 188 valence electrons. The summed E-state index contributed by atoms with van der Waals surface area (Å²) in [6.45, 7) is 2.43. The lowest BCUT2D eigenvalue weighted by atomic mass is 9.82. The van der Waals surface area contributed by atoms with Crippen LogP contribution in [0.25, 0.3) is 11.6 Å². The molecule has 1 saturated carbocycles. The van der Waals surface area contributed by atoms with Crippen LogP contribution < -0.4 is 5.43 Å². The second kappa shape index (κ2) is 9.00. The largest absolute Gasteiger partial charge is 0.481 e. The third-order valence-corrected chi connectivity index (χ3v) is 8.24. The second-order valence-electron chi connectivity index (χ2n) is 10.5. The average Bonchev–Trinajstić information content (AvgIpc) is 3.17. The van der Waals surface area contributed by atoms with Crippen LogP contribution in [0.15, 0.2) is 46.4 Å². The van der Waals surface area contributed by atoms with Gasteiger partial charge in [-0.25, -0.2) is 8.78 Å². The molecule has 0 bridgehead atoms. The Morgan fingerprint density at radius 1 is 1.19 bits per heavy atom. The van der Waals surface area contributed by atoms with E-state index in [0.29, 0.717) is 40.9 Å². The maximum atomic E-state index is 15.2. The van der Waals surface area contributed by atoms with Crippen molar-refractivity contribution < 1.29 is 18.7 Å². The number of carbonyl (C=O) groups is 1. The molecule has 0 radical (unpaired) electrons. The molecule has 0 aromatic heterocycles. The van der Waals surface area contributed by atoms with E-state index < -0.39 is 17.6 Å². The molecule has 1 aromatic carbocycles. The molecule has 36 heavy (non-hydrogen) atoms. The lowest BCUT2D eigenvalue weighted by molar-refractivity contribution is -0.138. The van der Waals surface area contributed by atoms with E-state index in [9.17, 15) is 9.18 Å². The first-order valence-corrected chi connectivity index (χ1v) is 12.7. The highest BCUT2D eigenvalue weighted by atomic mass is 19.2.